The molecule has 1 aliphatic heterocycles. The van der Waals surface area contributed by atoms with Crippen LogP contribution in [-0.2, 0) is 9.59 Å². The topological polar surface area (TPSA) is 81.7 Å². The van der Waals surface area contributed by atoms with Crippen LogP contribution in [-0.4, -0.2) is 77.9 Å². The molecule has 0 saturated carbocycles. The van der Waals surface area contributed by atoms with Crippen LogP contribution in [0.5, 0.6) is 0 Å². The summed E-state index contributed by atoms with van der Waals surface area (Å²) in [6, 6.07) is 9.41. The van der Waals surface area contributed by atoms with Crippen molar-refractivity contribution in [1.82, 2.24) is 19.8 Å². The van der Waals surface area contributed by atoms with Crippen molar-refractivity contribution in [3.63, 3.8) is 0 Å². The number of aromatic nitrogens is 2. The molecular weight excluding hydrogens is 436 g/mol. The first kappa shape index (κ1) is 21.2. The lowest BCUT2D eigenvalue weighted by atomic mass is 10.2. The van der Waals surface area contributed by atoms with E-state index >= 15 is 0 Å². The summed E-state index contributed by atoms with van der Waals surface area (Å²) in [7, 11) is 1.83. The van der Waals surface area contributed by atoms with Crippen LogP contribution >= 0.6 is 15.9 Å². The molecule has 1 N–H and O–H groups in total. The average molecular weight is 461 g/mol. The maximum Gasteiger partial charge on any atom is 0.239 e. The highest BCUT2D eigenvalue weighted by Crippen LogP contribution is 2.13. The van der Waals surface area contributed by atoms with E-state index in [0.29, 0.717) is 31.9 Å². The molecule has 0 unspecified atom stereocenters. The van der Waals surface area contributed by atoms with Crippen molar-refractivity contribution in [3.8, 4) is 0 Å². The van der Waals surface area contributed by atoms with Crippen LogP contribution in [0, 0.1) is 0 Å². The van der Waals surface area contributed by atoms with Gasteiger partial charge in [0.1, 0.15) is 11.6 Å². The molecule has 0 bridgehead atoms. The number of nitrogens with zero attached hydrogens (tertiary/aromatic N) is 5. The number of likely N-dealkylation sites (N-methyl/N-ethyl adjacent to an activating group) is 1. The standard InChI is InChI=1S/C20H25BrN6O2/c1-25(15-19(28)24-17-6-5-16(21)14-23-17)9-7-20(29)27-12-10-26(11-13-27)18-4-2-3-8-22-18/h2-6,8,14H,7,9-13,15H2,1H3,(H,23,24,28). The van der Waals surface area contributed by atoms with Gasteiger partial charge in [0, 0.05) is 56.0 Å². The number of piperazine rings is 1. The van der Waals surface area contributed by atoms with E-state index in [1.165, 1.54) is 0 Å². The average Bonchev–Trinajstić information content (AvgIpc) is 2.74. The lowest BCUT2D eigenvalue weighted by molar-refractivity contribution is -0.132. The number of rotatable bonds is 7. The summed E-state index contributed by atoms with van der Waals surface area (Å²) >= 11 is 3.31. The summed E-state index contributed by atoms with van der Waals surface area (Å²) in [4.78, 5) is 39.0. The second-order valence-electron chi connectivity index (χ2n) is 6.95. The third-order valence-corrected chi connectivity index (χ3v) is 5.19. The van der Waals surface area contributed by atoms with Crippen molar-refractivity contribution in [2.75, 3.05) is 56.5 Å². The minimum atomic E-state index is -0.154. The molecule has 29 heavy (non-hydrogen) atoms. The van der Waals surface area contributed by atoms with Gasteiger partial charge in [-0.05, 0) is 47.2 Å². The zero-order valence-corrected chi connectivity index (χ0v) is 18.0. The van der Waals surface area contributed by atoms with E-state index in [-0.39, 0.29) is 18.4 Å². The number of pyridine rings is 2. The summed E-state index contributed by atoms with van der Waals surface area (Å²) < 4.78 is 0.854. The molecule has 0 aromatic carbocycles. The molecule has 0 radical (unpaired) electrons. The van der Waals surface area contributed by atoms with Crippen molar-refractivity contribution in [3.05, 3.63) is 47.2 Å². The molecule has 1 aliphatic rings. The first-order valence-corrected chi connectivity index (χ1v) is 10.3. The zero-order chi connectivity index (χ0) is 20.6. The Balaban J connectivity index is 1.36. The van der Waals surface area contributed by atoms with Crippen LogP contribution in [0.2, 0.25) is 0 Å². The third-order valence-electron chi connectivity index (χ3n) is 4.72. The fourth-order valence-corrected chi connectivity index (χ4v) is 3.36. The molecule has 2 aromatic rings. The maximum absolute atomic E-state index is 12.5. The Morgan fingerprint density at radius 1 is 1.14 bits per heavy atom. The van der Waals surface area contributed by atoms with Crippen LogP contribution in [0.4, 0.5) is 11.6 Å². The van der Waals surface area contributed by atoms with Gasteiger partial charge in [-0.15, -0.1) is 0 Å². The van der Waals surface area contributed by atoms with Crippen LogP contribution in [0.15, 0.2) is 47.2 Å². The lowest BCUT2D eigenvalue weighted by Gasteiger charge is -2.35. The molecule has 0 atom stereocenters. The van der Waals surface area contributed by atoms with Gasteiger partial charge in [0.25, 0.3) is 0 Å². The molecule has 2 amide bonds. The molecule has 0 aliphatic carbocycles. The van der Waals surface area contributed by atoms with Crippen LogP contribution in [0.1, 0.15) is 6.42 Å². The normalized spacial score (nSPS) is 14.2. The number of hydrogen-bond acceptors (Lipinski definition) is 6. The predicted molar refractivity (Wildman–Crippen MR) is 116 cm³/mol. The Labute approximate surface area is 179 Å². The molecule has 0 spiro atoms. The maximum atomic E-state index is 12.5. The van der Waals surface area contributed by atoms with Crippen molar-refractivity contribution in [2.24, 2.45) is 0 Å². The van der Waals surface area contributed by atoms with E-state index in [1.807, 2.05) is 41.1 Å². The monoisotopic (exact) mass is 460 g/mol. The Bertz CT molecular complexity index is 809. The van der Waals surface area contributed by atoms with E-state index in [1.54, 1.807) is 18.5 Å². The highest BCUT2D eigenvalue weighted by atomic mass is 79.9. The van der Waals surface area contributed by atoms with Gasteiger partial charge in [-0.2, -0.15) is 0 Å². The van der Waals surface area contributed by atoms with Crippen LogP contribution in [0.3, 0.4) is 0 Å². The van der Waals surface area contributed by atoms with E-state index in [4.69, 9.17) is 0 Å². The fourth-order valence-electron chi connectivity index (χ4n) is 3.13. The van der Waals surface area contributed by atoms with Gasteiger partial charge in [0.15, 0.2) is 0 Å². The van der Waals surface area contributed by atoms with E-state index in [0.717, 1.165) is 23.4 Å². The van der Waals surface area contributed by atoms with Gasteiger partial charge in [-0.1, -0.05) is 6.07 Å². The van der Waals surface area contributed by atoms with Gasteiger partial charge < -0.3 is 15.1 Å². The first-order chi connectivity index (χ1) is 14.0. The quantitative estimate of drug-likeness (QED) is 0.678. The van der Waals surface area contributed by atoms with E-state index < -0.39 is 0 Å². The number of carbonyl (C=O) groups is 2. The van der Waals surface area contributed by atoms with Gasteiger partial charge in [0.05, 0.1) is 6.54 Å². The Hall–Kier alpha value is -2.52. The van der Waals surface area contributed by atoms with Crippen molar-refractivity contribution in [2.45, 2.75) is 6.42 Å². The van der Waals surface area contributed by atoms with Crippen molar-refractivity contribution < 1.29 is 9.59 Å². The number of nitrogens with one attached hydrogen (secondary N) is 1. The second kappa shape index (κ2) is 10.3. The van der Waals surface area contributed by atoms with Gasteiger partial charge in [-0.25, -0.2) is 9.97 Å². The Morgan fingerprint density at radius 3 is 2.59 bits per heavy atom. The number of amides is 2. The highest BCUT2D eigenvalue weighted by molar-refractivity contribution is 9.10. The van der Waals surface area contributed by atoms with Gasteiger partial charge in [0.2, 0.25) is 11.8 Å². The molecular formula is C20H25BrN6O2. The minimum absolute atomic E-state index is 0.118. The molecule has 2 aromatic heterocycles. The molecule has 9 heteroatoms. The summed E-state index contributed by atoms with van der Waals surface area (Å²) in [5.74, 6) is 1.42. The van der Waals surface area contributed by atoms with Crippen LogP contribution < -0.4 is 10.2 Å². The van der Waals surface area contributed by atoms with E-state index in [9.17, 15) is 9.59 Å². The molecule has 1 saturated heterocycles. The fraction of sp³-hybridized carbons (Fsp3) is 0.400. The largest absolute Gasteiger partial charge is 0.353 e. The number of carbonyl (C=O) groups excluding carboxylic acids is 2. The Morgan fingerprint density at radius 2 is 1.93 bits per heavy atom. The van der Waals surface area contributed by atoms with Crippen molar-refractivity contribution in [1.29, 1.82) is 0 Å². The number of anilines is 2. The summed E-state index contributed by atoms with van der Waals surface area (Å²) in [5, 5.41) is 2.75. The van der Waals surface area contributed by atoms with Gasteiger partial charge >= 0.3 is 0 Å². The Kier molecular flexibility index (Phi) is 7.54. The molecule has 8 nitrogen and oxygen atoms in total. The minimum Gasteiger partial charge on any atom is -0.353 e. The highest BCUT2D eigenvalue weighted by Gasteiger charge is 2.22. The molecule has 1 fully saturated rings. The second-order valence-corrected chi connectivity index (χ2v) is 7.87. The summed E-state index contributed by atoms with van der Waals surface area (Å²) in [6.45, 7) is 3.67. The van der Waals surface area contributed by atoms with Crippen LogP contribution in [0.25, 0.3) is 0 Å². The van der Waals surface area contributed by atoms with E-state index in [2.05, 4.69) is 36.1 Å². The smallest absolute Gasteiger partial charge is 0.239 e. The third kappa shape index (κ3) is 6.50. The zero-order valence-electron chi connectivity index (χ0n) is 16.4. The summed E-state index contributed by atoms with van der Waals surface area (Å²) in [6.07, 6.45) is 3.81. The van der Waals surface area contributed by atoms with Gasteiger partial charge in [-0.3, -0.25) is 14.5 Å². The number of hydrogen-bond donors (Lipinski definition) is 1. The lowest BCUT2D eigenvalue weighted by Crippen LogP contribution is -2.49. The molecule has 154 valence electrons. The summed E-state index contributed by atoms with van der Waals surface area (Å²) in [5.41, 5.74) is 0. The van der Waals surface area contributed by atoms with Crippen molar-refractivity contribution >= 4 is 39.4 Å². The molecule has 3 heterocycles. The predicted octanol–water partition coefficient (Wildman–Crippen LogP) is 1.85. The number of halogens is 1. The first-order valence-electron chi connectivity index (χ1n) is 9.55. The molecule has 3 rings (SSSR count). The SMILES string of the molecule is CN(CCC(=O)N1CCN(c2ccccn2)CC1)CC(=O)Nc1ccc(Br)cn1.